The lowest BCUT2D eigenvalue weighted by molar-refractivity contribution is -0.152. The lowest BCUT2D eigenvalue weighted by Gasteiger charge is -2.50. The number of likely N-dealkylation sites (tertiary alicyclic amines) is 1. The average molecular weight is 389 g/mol. The zero-order chi connectivity index (χ0) is 19.8. The summed E-state index contributed by atoms with van der Waals surface area (Å²) in [5, 5.41) is 4.61. The van der Waals surface area contributed by atoms with E-state index < -0.39 is 5.54 Å². The normalized spacial score (nSPS) is 25.0. The summed E-state index contributed by atoms with van der Waals surface area (Å²) in [7, 11) is 0. The summed E-state index contributed by atoms with van der Waals surface area (Å²) in [5.74, 6) is -0.0239. The van der Waals surface area contributed by atoms with Gasteiger partial charge in [-0.05, 0) is 36.6 Å². The van der Waals surface area contributed by atoms with Crippen molar-refractivity contribution >= 4 is 16.8 Å². The van der Waals surface area contributed by atoms with Crippen molar-refractivity contribution in [1.29, 1.82) is 0 Å². The van der Waals surface area contributed by atoms with Crippen molar-refractivity contribution in [2.24, 2.45) is 0 Å². The number of nitrogens with one attached hydrogen (secondary N) is 1. The maximum absolute atomic E-state index is 12.2. The Hall–Kier alpha value is -2.63. The Labute approximate surface area is 171 Å². The molecule has 2 aromatic carbocycles. The predicted molar refractivity (Wildman–Crippen MR) is 114 cm³/mol. The summed E-state index contributed by atoms with van der Waals surface area (Å²) in [4.78, 5) is 14.7. The molecule has 3 aromatic rings. The number of piperidine rings is 1. The molecule has 3 heterocycles. The summed E-state index contributed by atoms with van der Waals surface area (Å²) >= 11 is 0. The smallest absolute Gasteiger partial charge is 0.246 e. The van der Waals surface area contributed by atoms with Gasteiger partial charge in [0.2, 0.25) is 5.91 Å². The Morgan fingerprint density at radius 3 is 2.83 bits per heavy atom. The van der Waals surface area contributed by atoms with E-state index in [2.05, 4.69) is 64.3 Å². The zero-order valence-corrected chi connectivity index (χ0v) is 16.8. The standard InChI is InChI=1S/C24H27N3O2/c1-2-27-13-11-20-18(7-6-10-21(20)27)15-26-14-12-24(19-8-4-3-5-9-19)22(16-26)29-17-23(28)25-24/h3-11,13,22H,2,12,14-17H2,1H3,(H,25,28)/t22-,24+/m1/s1. The maximum Gasteiger partial charge on any atom is 0.246 e. The molecule has 0 saturated carbocycles. The highest BCUT2D eigenvalue weighted by Crippen LogP contribution is 2.37. The van der Waals surface area contributed by atoms with E-state index in [-0.39, 0.29) is 18.6 Å². The topological polar surface area (TPSA) is 46.5 Å². The van der Waals surface area contributed by atoms with E-state index in [9.17, 15) is 4.79 Å². The molecule has 5 nitrogen and oxygen atoms in total. The van der Waals surface area contributed by atoms with Crippen LogP contribution < -0.4 is 5.32 Å². The van der Waals surface area contributed by atoms with E-state index >= 15 is 0 Å². The molecule has 0 radical (unpaired) electrons. The van der Waals surface area contributed by atoms with E-state index in [0.29, 0.717) is 0 Å². The third-order valence-electron chi connectivity index (χ3n) is 6.50. The number of benzene rings is 2. The Morgan fingerprint density at radius 2 is 2.00 bits per heavy atom. The minimum Gasteiger partial charge on any atom is -0.364 e. The molecule has 150 valence electrons. The number of aromatic nitrogens is 1. The lowest BCUT2D eigenvalue weighted by Crippen LogP contribution is -2.66. The van der Waals surface area contributed by atoms with Crippen LogP contribution in [0.4, 0.5) is 0 Å². The second kappa shape index (κ2) is 7.32. The average Bonchev–Trinajstić information content (AvgIpc) is 3.19. The van der Waals surface area contributed by atoms with Gasteiger partial charge >= 0.3 is 0 Å². The van der Waals surface area contributed by atoms with Crippen molar-refractivity contribution in [3.05, 3.63) is 71.9 Å². The van der Waals surface area contributed by atoms with Crippen LogP contribution in [-0.4, -0.2) is 41.2 Å². The van der Waals surface area contributed by atoms with Gasteiger partial charge in [-0.1, -0.05) is 42.5 Å². The molecular weight excluding hydrogens is 362 g/mol. The van der Waals surface area contributed by atoms with E-state index in [1.165, 1.54) is 16.5 Å². The first-order valence-corrected chi connectivity index (χ1v) is 10.5. The van der Waals surface area contributed by atoms with Gasteiger partial charge < -0.3 is 14.6 Å². The van der Waals surface area contributed by atoms with Gasteiger partial charge in [0.05, 0.1) is 11.6 Å². The van der Waals surface area contributed by atoms with Gasteiger partial charge in [0.25, 0.3) is 0 Å². The number of hydrogen-bond donors (Lipinski definition) is 1. The van der Waals surface area contributed by atoms with Gasteiger partial charge in [-0.2, -0.15) is 0 Å². The molecule has 5 rings (SSSR count). The van der Waals surface area contributed by atoms with Crippen LogP contribution in [0.1, 0.15) is 24.5 Å². The van der Waals surface area contributed by atoms with E-state index in [4.69, 9.17) is 4.74 Å². The monoisotopic (exact) mass is 389 g/mol. The Balaban J connectivity index is 1.41. The number of rotatable bonds is 4. The molecule has 0 spiro atoms. The van der Waals surface area contributed by atoms with Crippen LogP contribution in [0, 0.1) is 0 Å². The van der Waals surface area contributed by atoms with Crippen LogP contribution in [0.3, 0.4) is 0 Å². The molecule has 1 amide bonds. The van der Waals surface area contributed by atoms with Gasteiger partial charge in [-0.25, -0.2) is 0 Å². The van der Waals surface area contributed by atoms with Crippen molar-refractivity contribution in [1.82, 2.24) is 14.8 Å². The van der Waals surface area contributed by atoms with E-state index in [1.54, 1.807) is 0 Å². The molecule has 29 heavy (non-hydrogen) atoms. The number of nitrogens with zero attached hydrogens (tertiary/aromatic N) is 2. The molecule has 2 atom stereocenters. The van der Waals surface area contributed by atoms with Crippen LogP contribution in [0.25, 0.3) is 10.9 Å². The molecule has 5 heteroatoms. The number of aryl methyl sites for hydroxylation is 1. The van der Waals surface area contributed by atoms with Crippen molar-refractivity contribution in [3.8, 4) is 0 Å². The van der Waals surface area contributed by atoms with Crippen molar-refractivity contribution in [2.75, 3.05) is 19.7 Å². The molecule has 2 aliphatic rings. The Bertz CT molecular complexity index is 1030. The summed E-state index contributed by atoms with van der Waals surface area (Å²) in [6, 6.07) is 19.1. The minimum atomic E-state index is -0.426. The molecule has 0 unspecified atom stereocenters. The fourth-order valence-corrected chi connectivity index (χ4v) is 5.00. The second-order valence-corrected chi connectivity index (χ2v) is 8.12. The highest BCUT2D eigenvalue weighted by atomic mass is 16.5. The van der Waals surface area contributed by atoms with Gasteiger partial charge in [0.15, 0.2) is 0 Å². The van der Waals surface area contributed by atoms with Gasteiger partial charge in [-0.3, -0.25) is 9.69 Å². The van der Waals surface area contributed by atoms with Crippen LogP contribution in [0.2, 0.25) is 0 Å². The van der Waals surface area contributed by atoms with Crippen LogP contribution in [0.5, 0.6) is 0 Å². The summed E-state index contributed by atoms with van der Waals surface area (Å²) in [6.45, 7) is 5.91. The maximum atomic E-state index is 12.2. The molecule has 0 aliphatic carbocycles. The molecule has 2 saturated heterocycles. The first-order chi connectivity index (χ1) is 14.2. The molecule has 1 N–H and O–H groups in total. The van der Waals surface area contributed by atoms with Gasteiger partial charge in [-0.15, -0.1) is 0 Å². The zero-order valence-electron chi connectivity index (χ0n) is 16.8. The van der Waals surface area contributed by atoms with Crippen LogP contribution in [-0.2, 0) is 28.2 Å². The Morgan fingerprint density at radius 1 is 1.14 bits per heavy atom. The number of morpholine rings is 1. The first-order valence-electron chi connectivity index (χ1n) is 10.5. The second-order valence-electron chi connectivity index (χ2n) is 8.12. The number of amides is 1. The van der Waals surface area contributed by atoms with Crippen LogP contribution >= 0.6 is 0 Å². The predicted octanol–water partition coefficient (Wildman–Crippen LogP) is 3.28. The highest BCUT2D eigenvalue weighted by molar-refractivity contribution is 5.83. The van der Waals surface area contributed by atoms with E-state index in [0.717, 1.165) is 38.2 Å². The SMILES string of the molecule is CCn1ccc2c(CN3CC[C@@]4(c5ccccc5)NC(=O)CO[C@@H]4C3)cccc21. The fraction of sp³-hybridized carbons (Fsp3) is 0.375. The quantitative estimate of drug-likeness (QED) is 0.745. The molecule has 0 bridgehead atoms. The highest BCUT2D eigenvalue weighted by Gasteiger charge is 2.48. The van der Waals surface area contributed by atoms with Crippen LogP contribution in [0.15, 0.2) is 60.8 Å². The third kappa shape index (κ3) is 3.15. The summed E-state index contributed by atoms with van der Waals surface area (Å²) < 4.78 is 8.36. The van der Waals surface area contributed by atoms with Crippen molar-refractivity contribution < 1.29 is 9.53 Å². The minimum absolute atomic E-state index is 0.0239. The number of ether oxygens (including phenoxy) is 1. The molecule has 2 fully saturated rings. The fourth-order valence-electron chi connectivity index (χ4n) is 5.00. The number of fused-ring (bicyclic) bond motifs is 2. The number of carbonyl (C=O) groups is 1. The molecule has 1 aromatic heterocycles. The summed E-state index contributed by atoms with van der Waals surface area (Å²) in [6.07, 6.45) is 2.97. The molecule has 2 aliphatic heterocycles. The van der Waals surface area contributed by atoms with E-state index in [1.807, 2.05) is 18.2 Å². The van der Waals surface area contributed by atoms with Gasteiger partial charge in [0.1, 0.15) is 6.61 Å². The largest absolute Gasteiger partial charge is 0.364 e. The third-order valence-corrected chi connectivity index (χ3v) is 6.50. The lowest BCUT2D eigenvalue weighted by atomic mass is 9.77. The number of carbonyl (C=O) groups excluding carboxylic acids is 1. The van der Waals surface area contributed by atoms with Gasteiger partial charge in [0, 0.05) is 43.3 Å². The first kappa shape index (κ1) is 18.4. The van der Waals surface area contributed by atoms with Crippen molar-refractivity contribution in [2.45, 2.75) is 38.1 Å². The number of hydrogen-bond acceptors (Lipinski definition) is 3. The van der Waals surface area contributed by atoms with Crippen molar-refractivity contribution in [3.63, 3.8) is 0 Å². The Kier molecular flexibility index (Phi) is 4.64. The summed E-state index contributed by atoms with van der Waals surface area (Å²) in [5.41, 5.74) is 3.35. The molecular formula is C24H27N3O2.